The molecule has 0 aliphatic carbocycles. The minimum Gasteiger partial charge on any atom is -0.465 e. The van der Waals surface area contributed by atoms with E-state index in [9.17, 15) is 4.79 Å². The number of nitrogens with zero attached hydrogens (tertiary/aromatic N) is 1. The molecule has 1 unspecified atom stereocenters. The highest BCUT2D eigenvalue weighted by Gasteiger charge is 2.15. The van der Waals surface area contributed by atoms with Gasteiger partial charge in [0.15, 0.2) is 0 Å². The Bertz CT molecular complexity index is 261. The Morgan fingerprint density at radius 3 is 2.46 bits per heavy atom. The maximum atomic E-state index is 11.1. The van der Waals surface area contributed by atoms with Crippen molar-refractivity contribution in [3.8, 4) is 6.07 Å². The molecule has 0 saturated carbocycles. The molecule has 0 aliphatic heterocycles. The molecule has 0 N–H and O–H groups in total. The first-order valence-corrected chi connectivity index (χ1v) is 4.27. The maximum absolute atomic E-state index is 11.1. The lowest BCUT2D eigenvalue weighted by Crippen LogP contribution is -2.08. The van der Waals surface area contributed by atoms with Gasteiger partial charge in [0, 0.05) is 0 Å². The summed E-state index contributed by atoms with van der Waals surface area (Å²) in [7, 11) is 1.28. The summed E-state index contributed by atoms with van der Waals surface area (Å²) in [5, 5.41) is 8.73. The minimum atomic E-state index is -0.541. The van der Waals surface area contributed by atoms with E-state index in [2.05, 4.69) is 4.74 Å². The van der Waals surface area contributed by atoms with E-state index in [1.807, 2.05) is 19.9 Å². The number of carbonyl (C=O) groups is 1. The Kier molecular flexibility index (Phi) is 4.83. The van der Waals surface area contributed by atoms with E-state index in [0.717, 1.165) is 12.0 Å². The zero-order valence-electron chi connectivity index (χ0n) is 8.55. The Morgan fingerprint density at radius 1 is 1.62 bits per heavy atom. The SMILES string of the molecule is CCC(C)/C(C)=C(/C#N)C(=O)OC. The number of rotatable bonds is 3. The lowest BCUT2D eigenvalue weighted by Gasteiger charge is -2.10. The molecule has 3 nitrogen and oxygen atoms in total. The van der Waals surface area contributed by atoms with Crippen LogP contribution in [0.3, 0.4) is 0 Å². The molecule has 3 heteroatoms. The van der Waals surface area contributed by atoms with Crippen molar-refractivity contribution in [1.82, 2.24) is 0 Å². The van der Waals surface area contributed by atoms with E-state index in [4.69, 9.17) is 5.26 Å². The van der Waals surface area contributed by atoms with Crippen LogP contribution in [0.5, 0.6) is 0 Å². The first-order chi connectivity index (χ1) is 6.08. The van der Waals surface area contributed by atoms with Gasteiger partial charge in [-0.05, 0) is 24.8 Å². The average Bonchev–Trinajstić information content (AvgIpc) is 2.17. The van der Waals surface area contributed by atoms with Crippen molar-refractivity contribution in [3.63, 3.8) is 0 Å². The highest BCUT2D eigenvalue weighted by atomic mass is 16.5. The predicted molar refractivity (Wildman–Crippen MR) is 49.8 cm³/mol. The van der Waals surface area contributed by atoms with Crippen LogP contribution >= 0.6 is 0 Å². The average molecular weight is 181 g/mol. The fourth-order valence-corrected chi connectivity index (χ4v) is 0.949. The van der Waals surface area contributed by atoms with Crippen LogP contribution in [-0.4, -0.2) is 13.1 Å². The molecule has 0 amide bonds. The zero-order chi connectivity index (χ0) is 10.4. The van der Waals surface area contributed by atoms with Gasteiger partial charge in [-0.2, -0.15) is 5.26 Å². The van der Waals surface area contributed by atoms with E-state index < -0.39 is 5.97 Å². The fraction of sp³-hybridized carbons (Fsp3) is 0.600. The first kappa shape index (κ1) is 11.7. The number of allylic oxidation sites excluding steroid dienone is 1. The van der Waals surface area contributed by atoms with Crippen LogP contribution in [0.25, 0.3) is 0 Å². The molecule has 0 heterocycles. The number of ether oxygens (including phenoxy) is 1. The Hall–Kier alpha value is -1.30. The van der Waals surface area contributed by atoms with Crippen LogP contribution in [0.1, 0.15) is 27.2 Å². The number of hydrogen-bond acceptors (Lipinski definition) is 3. The largest absolute Gasteiger partial charge is 0.465 e. The van der Waals surface area contributed by atoms with Gasteiger partial charge in [-0.3, -0.25) is 0 Å². The van der Waals surface area contributed by atoms with Crippen LogP contribution < -0.4 is 0 Å². The van der Waals surface area contributed by atoms with Crippen molar-refractivity contribution in [3.05, 3.63) is 11.1 Å². The highest BCUT2D eigenvalue weighted by Crippen LogP contribution is 2.18. The molecule has 0 rings (SSSR count). The van der Waals surface area contributed by atoms with E-state index in [0.29, 0.717) is 0 Å². The van der Waals surface area contributed by atoms with E-state index in [1.54, 1.807) is 6.92 Å². The summed E-state index contributed by atoms with van der Waals surface area (Å²) in [6.45, 7) is 5.79. The molecule has 0 aliphatic rings. The summed E-state index contributed by atoms with van der Waals surface area (Å²) in [6, 6.07) is 1.87. The molecule has 0 spiro atoms. The molecule has 0 aromatic carbocycles. The van der Waals surface area contributed by atoms with Gasteiger partial charge in [-0.25, -0.2) is 4.79 Å². The molecule has 13 heavy (non-hydrogen) atoms. The van der Waals surface area contributed by atoms with Crippen molar-refractivity contribution in [1.29, 1.82) is 5.26 Å². The van der Waals surface area contributed by atoms with Crippen molar-refractivity contribution < 1.29 is 9.53 Å². The van der Waals surface area contributed by atoms with Crippen LogP contribution in [-0.2, 0) is 9.53 Å². The third kappa shape index (κ3) is 2.90. The maximum Gasteiger partial charge on any atom is 0.348 e. The number of esters is 1. The summed E-state index contributed by atoms with van der Waals surface area (Å²) >= 11 is 0. The van der Waals surface area contributed by atoms with Crippen LogP contribution in [0, 0.1) is 17.2 Å². The number of hydrogen-bond donors (Lipinski definition) is 0. The molecule has 72 valence electrons. The minimum absolute atomic E-state index is 0.136. The number of carbonyl (C=O) groups excluding carboxylic acids is 1. The van der Waals surface area contributed by atoms with Gasteiger partial charge in [0.25, 0.3) is 0 Å². The number of methoxy groups -OCH3 is 1. The lowest BCUT2D eigenvalue weighted by atomic mass is 9.95. The molecular formula is C10H15NO2. The van der Waals surface area contributed by atoms with E-state index in [1.165, 1.54) is 7.11 Å². The molecule has 0 bridgehead atoms. The summed E-state index contributed by atoms with van der Waals surface area (Å²) in [4.78, 5) is 11.1. The van der Waals surface area contributed by atoms with Gasteiger partial charge in [-0.15, -0.1) is 0 Å². The Labute approximate surface area is 79.0 Å². The van der Waals surface area contributed by atoms with E-state index in [-0.39, 0.29) is 11.5 Å². The lowest BCUT2D eigenvalue weighted by molar-refractivity contribution is -0.135. The second kappa shape index (κ2) is 5.36. The van der Waals surface area contributed by atoms with Crippen LogP contribution in [0.15, 0.2) is 11.1 Å². The topological polar surface area (TPSA) is 50.1 Å². The predicted octanol–water partition coefficient (Wildman–Crippen LogP) is 2.05. The molecule has 0 aromatic heterocycles. The summed E-state index contributed by atoms with van der Waals surface area (Å²) in [6.07, 6.45) is 0.911. The second-order valence-electron chi connectivity index (χ2n) is 2.97. The first-order valence-electron chi connectivity index (χ1n) is 4.27. The van der Waals surface area contributed by atoms with Crippen molar-refractivity contribution in [2.75, 3.05) is 7.11 Å². The van der Waals surface area contributed by atoms with Crippen LogP contribution in [0.2, 0.25) is 0 Å². The molecular weight excluding hydrogens is 166 g/mol. The molecule has 0 radical (unpaired) electrons. The monoisotopic (exact) mass is 181 g/mol. The molecule has 0 aromatic rings. The van der Waals surface area contributed by atoms with Gasteiger partial charge in [0.1, 0.15) is 11.6 Å². The third-order valence-corrected chi connectivity index (χ3v) is 2.25. The summed E-state index contributed by atoms with van der Waals surface area (Å²) < 4.78 is 4.50. The van der Waals surface area contributed by atoms with Gasteiger partial charge in [0.05, 0.1) is 7.11 Å². The second-order valence-corrected chi connectivity index (χ2v) is 2.97. The van der Waals surface area contributed by atoms with Gasteiger partial charge in [0.2, 0.25) is 0 Å². The quantitative estimate of drug-likeness (QED) is 0.380. The van der Waals surface area contributed by atoms with Crippen molar-refractivity contribution in [2.24, 2.45) is 5.92 Å². The standard InChI is InChI=1S/C10H15NO2/c1-5-7(2)8(3)9(6-11)10(12)13-4/h7H,5H2,1-4H3/b9-8-. The van der Waals surface area contributed by atoms with Crippen molar-refractivity contribution >= 4 is 5.97 Å². The molecule has 0 saturated heterocycles. The van der Waals surface area contributed by atoms with E-state index >= 15 is 0 Å². The summed E-state index contributed by atoms with van der Waals surface area (Å²) in [5.74, 6) is -0.297. The Balaban J connectivity index is 4.92. The summed E-state index contributed by atoms with van der Waals surface area (Å²) in [5.41, 5.74) is 0.939. The normalized spacial score (nSPS) is 14.1. The zero-order valence-corrected chi connectivity index (χ0v) is 8.55. The van der Waals surface area contributed by atoms with Crippen molar-refractivity contribution in [2.45, 2.75) is 27.2 Å². The third-order valence-electron chi connectivity index (χ3n) is 2.25. The smallest absolute Gasteiger partial charge is 0.348 e. The van der Waals surface area contributed by atoms with Gasteiger partial charge in [-0.1, -0.05) is 13.8 Å². The van der Waals surface area contributed by atoms with Gasteiger partial charge < -0.3 is 4.74 Å². The highest BCUT2D eigenvalue weighted by molar-refractivity contribution is 5.93. The Morgan fingerprint density at radius 2 is 2.15 bits per heavy atom. The number of nitriles is 1. The fourth-order valence-electron chi connectivity index (χ4n) is 0.949. The van der Waals surface area contributed by atoms with Crippen LogP contribution in [0.4, 0.5) is 0 Å². The van der Waals surface area contributed by atoms with Gasteiger partial charge >= 0.3 is 5.97 Å². The molecule has 1 atom stereocenters. The molecule has 0 fully saturated rings.